The molecule has 0 atom stereocenters. The Morgan fingerprint density at radius 2 is 1.86 bits per heavy atom. The summed E-state index contributed by atoms with van der Waals surface area (Å²) in [6.45, 7) is 3.72. The summed E-state index contributed by atoms with van der Waals surface area (Å²) in [6.07, 6.45) is 0. The zero-order chi connectivity index (χ0) is 15.6. The predicted octanol–water partition coefficient (Wildman–Crippen LogP) is 3.98. The fourth-order valence-electron chi connectivity index (χ4n) is 1.94. The van der Waals surface area contributed by atoms with E-state index < -0.39 is 5.82 Å². The molecule has 0 bridgehead atoms. The Hall–Kier alpha value is -2.27. The number of halogens is 2. The van der Waals surface area contributed by atoms with Gasteiger partial charge in [0.05, 0.1) is 5.56 Å². The summed E-state index contributed by atoms with van der Waals surface area (Å²) in [7, 11) is 0. The number of oxime groups is 1. The normalized spacial score (nSPS) is 11.5. The molecule has 6 heteroatoms. The van der Waals surface area contributed by atoms with Crippen molar-refractivity contribution in [3.05, 3.63) is 57.9 Å². The minimum atomic E-state index is -0.507. The lowest BCUT2D eigenvalue weighted by Gasteiger charge is -2.12. The number of nitrogens with two attached hydrogens (primary N) is 1. The van der Waals surface area contributed by atoms with Gasteiger partial charge in [0, 0.05) is 5.02 Å². The molecule has 0 aromatic heterocycles. The number of nitrogens with zero attached hydrogens (tertiary/aromatic N) is 1. The average molecular weight is 309 g/mol. The first-order chi connectivity index (χ1) is 9.92. The molecule has 0 amide bonds. The number of ether oxygens (including phenoxy) is 1. The van der Waals surface area contributed by atoms with E-state index >= 15 is 0 Å². The third kappa shape index (κ3) is 3.25. The van der Waals surface area contributed by atoms with E-state index in [-0.39, 0.29) is 17.1 Å². The Morgan fingerprint density at radius 1 is 1.24 bits per heavy atom. The van der Waals surface area contributed by atoms with Gasteiger partial charge in [-0.3, -0.25) is 0 Å². The summed E-state index contributed by atoms with van der Waals surface area (Å²) >= 11 is 6.10. The van der Waals surface area contributed by atoms with Crippen molar-refractivity contribution in [3.63, 3.8) is 0 Å². The standard InChI is InChI=1S/C15H14ClFN2O2/c1-8-5-11(6-9(2)14(8)16)21-13-4-3-10(17)7-12(13)15(18)19-20/h3-7,20H,1-2H3,(H2,18,19). The van der Waals surface area contributed by atoms with Gasteiger partial charge in [-0.05, 0) is 55.3 Å². The van der Waals surface area contributed by atoms with Crippen molar-refractivity contribution < 1.29 is 14.3 Å². The topological polar surface area (TPSA) is 67.8 Å². The molecule has 0 aliphatic carbocycles. The molecule has 0 saturated carbocycles. The van der Waals surface area contributed by atoms with E-state index in [1.54, 1.807) is 12.1 Å². The summed E-state index contributed by atoms with van der Waals surface area (Å²) in [4.78, 5) is 0. The predicted molar refractivity (Wildman–Crippen MR) is 79.9 cm³/mol. The highest BCUT2D eigenvalue weighted by molar-refractivity contribution is 6.32. The molecular formula is C15H14ClFN2O2. The van der Waals surface area contributed by atoms with Crippen molar-refractivity contribution >= 4 is 17.4 Å². The summed E-state index contributed by atoms with van der Waals surface area (Å²) in [5.74, 6) is 0.0835. The van der Waals surface area contributed by atoms with Gasteiger partial charge in [-0.2, -0.15) is 0 Å². The van der Waals surface area contributed by atoms with Gasteiger partial charge in [0.25, 0.3) is 0 Å². The minimum absolute atomic E-state index is 0.169. The van der Waals surface area contributed by atoms with Gasteiger partial charge in [0.15, 0.2) is 5.84 Å². The van der Waals surface area contributed by atoms with Crippen LogP contribution in [0.1, 0.15) is 16.7 Å². The van der Waals surface area contributed by atoms with E-state index in [9.17, 15) is 4.39 Å². The lowest BCUT2D eigenvalue weighted by Crippen LogP contribution is -2.14. The summed E-state index contributed by atoms with van der Waals surface area (Å²) in [5, 5.41) is 12.3. The Bertz CT molecular complexity index is 694. The molecule has 0 heterocycles. The highest BCUT2D eigenvalue weighted by Crippen LogP contribution is 2.31. The number of hydrogen-bond acceptors (Lipinski definition) is 3. The minimum Gasteiger partial charge on any atom is -0.457 e. The largest absolute Gasteiger partial charge is 0.457 e. The molecule has 0 saturated heterocycles. The van der Waals surface area contributed by atoms with Crippen molar-refractivity contribution in [2.75, 3.05) is 0 Å². The summed E-state index contributed by atoms with van der Waals surface area (Å²) in [6, 6.07) is 7.31. The van der Waals surface area contributed by atoms with Crippen LogP contribution in [0.25, 0.3) is 0 Å². The van der Waals surface area contributed by atoms with E-state index in [2.05, 4.69) is 5.16 Å². The van der Waals surface area contributed by atoms with Crippen LogP contribution in [0.15, 0.2) is 35.5 Å². The highest BCUT2D eigenvalue weighted by Gasteiger charge is 2.12. The Kier molecular flexibility index (Phi) is 4.33. The summed E-state index contributed by atoms with van der Waals surface area (Å²) < 4.78 is 19.0. The maximum absolute atomic E-state index is 13.3. The van der Waals surface area contributed by atoms with Crippen molar-refractivity contribution in [3.8, 4) is 11.5 Å². The molecule has 21 heavy (non-hydrogen) atoms. The number of benzene rings is 2. The van der Waals surface area contributed by atoms with Crippen molar-refractivity contribution in [2.45, 2.75) is 13.8 Å². The van der Waals surface area contributed by atoms with Crippen molar-refractivity contribution in [1.82, 2.24) is 0 Å². The SMILES string of the molecule is Cc1cc(Oc2ccc(F)cc2C(N)=NO)cc(C)c1Cl. The Balaban J connectivity index is 2.45. The van der Waals surface area contributed by atoms with Crippen LogP contribution in [0, 0.1) is 19.7 Å². The van der Waals surface area contributed by atoms with Gasteiger partial charge < -0.3 is 15.7 Å². The smallest absolute Gasteiger partial charge is 0.173 e. The van der Waals surface area contributed by atoms with Crippen molar-refractivity contribution in [1.29, 1.82) is 0 Å². The molecule has 0 radical (unpaired) electrons. The van der Waals surface area contributed by atoms with Crippen LogP contribution in [0.4, 0.5) is 4.39 Å². The van der Waals surface area contributed by atoms with E-state index in [1.807, 2.05) is 13.8 Å². The molecule has 110 valence electrons. The molecule has 0 unspecified atom stereocenters. The van der Waals surface area contributed by atoms with Gasteiger partial charge >= 0.3 is 0 Å². The first-order valence-electron chi connectivity index (χ1n) is 6.14. The van der Waals surface area contributed by atoms with Gasteiger partial charge in [0.2, 0.25) is 0 Å². The van der Waals surface area contributed by atoms with Crippen molar-refractivity contribution in [2.24, 2.45) is 10.9 Å². The van der Waals surface area contributed by atoms with Crippen LogP contribution in [0.2, 0.25) is 5.02 Å². The molecule has 0 spiro atoms. The Morgan fingerprint density at radius 3 is 2.43 bits per heavy atom. The van der Waals surface area contributed by atoms with Gasteiger partial charge in [0.1, 0.15) is 17.3 Å². The van der Waals surface area contributed by atoms with Crippen LogP contribution < -0.4 is 10.5 Å². The van der Waals surface area contributed by atoms with Crippen LogP contribution in [0.3, 0.4) is 0 Å². The van der Waals surface area contributed by atoms with E-state index in [4.69, 9.17) is 27.3 Å². The average Bonchev–Trinajstić information content (AvgIpc) is 2.45. The number of amidine groups is 1. The zero-order valence-corrected chi connectivity index (χ0v) is 12.3. The fraction of sp³-hybridized carbons (Fsp3) is 0.133. The third-order valence-corrected chi connectivity index (χ3v) is 3.56. The second-order valence-electron chi connectivity index (χ2n) is 4.60. The number of rotatable bonds is 3. The molecule has 2 aromatic rings. The first kappa shape index (κ1) is 15.1. The number of hydrogen-bond donors (Lipinski definition) is 2. The molecule has 4 nitrogen and oxygen atoms in total. The highest BCUT2D eigenvalue weighted by atomic mass is 35.5. The molecule has 0 fully saturated rings. The molecular weight excluding hydrogens is 295 g/mol. The molecule has 2 aromatic carbocycles. The second kappa shape index (κ2) is 6.01. The lowest BCUT2D eigenvalue weighted by molar-refractivity contribution is 0.318. The fourth-order valence-corrected chi connectivity index (χ4v) is 2.05. The molecule has 0 aliphatic rings. The number of aryl methyl sites for hydroxylation is 2. The quantitative estimate of drug-likeness (QED) is 0.390. The third-order valence-electron chi connectivity index (χ3n) is 2.96. The van der Waals surface area contributed by atoms with Crippen LogP contribution >= 0.6 is 11.6 Å². The summed E-state index contributed by atoms with van der Waals surface area (Å²) in [5.41, 5.74) is 7.42. The molecule has 3 N–H and O–H groups in total. The van der Waals surface area contributed by atoms with Gasteiger partial charge in [-0.25, -0.2) is 4.39 Å². The van der Waals surface area contributed by atoms with Crippen LogP contribution in [-0.4, -0.2) is 11.0 Å². The van der Waals surface area contributed by atoms with Crippen LogP contribution in [-0.2, 0) is 0 Å². The Labute approximate surface area is 126 Å². The monoisotopic (exact) mass is 308 g/mol. The maximum atomic E-state index is 13.3. The zero-order valence-electron chi connectivity index (χ0n) is 11.5. The van der Waals surface area contributed by atoms with Gasteiger partial charge in [-0.1, -0.05) is 16.8 Å². The second-order valence-corrected chi connectivity index (χ2v) is 4.98. The molecule has 2 rings (SSSR count). The lowest BCUT2D eigenvalue weighted by atomic mass is 10.1. The van der Waals surface area contributed by atoms with E-state index in [0.29, 0.717) is 10.8 Å². The van der Waals surface area contributed by atoms with Crippen LogP contribution in [0.5, 0.6) is 11.5 Å². The van der Waals surface area contributed by atoms with E-state index in [0.717, 1.165) is 17.2 Å². The molecule has 0 aliphatic heterocycles. The van der Waals surface area contributed by atoms with E-state index in [1.165, 1.54) is 12.1 Å². The maximum Gasteiger partial charge on any atom is 0.173 e. The first-order valence-corrected chi connectivity index (χ1v) is 6.52. The van der Waals surface area contributed by atoms with Gasteiger partial charge in [-0.15, -0.1) is 0 Å².